The van der Waals surface area contributed by atoms with Crippen LogP contribution in [-0.2, 0) is 0 Å². The van der Waals surface area contributed by atoms with E-state index >= 15 is 0 Å². The maximum atomic E-state index is 5.61. The van der Waals surface area contributed by atoms with Crippen molar-refractivity contribution in [2.45, 2.75) is 13.0 Å². The Morgan fingerprint density at radius 3 is 2.78 bits per heavy atom. The topological polar surface area (TPSA) is 77.8 Å². The smallest absolute Gasteiger partial charge is 0.143 e. The van der Waals surface area contributed by atoms with E-state index in [1.54, 1.807) is 23.4 Å². The van der Waals surface area contributed by atoms with Crippen LogP contribution < -0.4 is 10.1 Å². The van der Waals surface area contributed by atoms with Gasteiger partial charge in [-0.3, -0.25) is 4.98 Å². The zero-order chi connectivity index (χ0) is 15.9. The average molecular weight is 310 g/mol. The first-order valence-corrected chi connectivity index (χ1v) is 7.42. The number of ether oxygens (including phenoxy) is 1. The first kappa shape index (κ1) is 15.1. The molecule has 7 heteroatoms. The SMILES string of the molecule is C[C@H](NCCOc1cccnc1)c1ccc(-n2cnnn2)cc1. The molecule has 118 valence electrons. The van der Waals surface area contributed by atoms with E-state index in [0.717, 1.165) is 18.0 Å². The van der Waals surface area contributed by atoms with Gasteiger partial charge in [0.1, 0.15) is 18.7 Å². The summed E-state index contributed by atoms with van der Waals surface area (Å²) in [7, 11) is 0. The van der Waals surface area contributed by atoms with Gasteiger partial charge in [0.2, 0.25) is 0 Å². The maximum absolute atomic E-state index is 5.61. The van der Waals surface area contributed by atoms with Gasteiger partial charge in [0.15, 0.2) is 0 Å². The van der Waals surface area contributed by atoms with Crippen molar-refractivity contribution in [3.63, 3.8) is 0 Å². The quantitative estimate of drug-likeness (QED) is 0.670. The van der Waals surface area contributed by atoms with Crippen molar-refractivity contribution in [2.75, 3.05) is 13.2 Å². The Balaban J connectivity index is 1.47. The summed E-state index contributed by atoms with van der Waals surface area (Å²) in [6, 6.07) is 12.1. The van der Waals surface area contributed by atoms with Crippen LogP contribution in [0.15, 0.2) is 55.1 Å². The van der Waals surface area contributed by atoms with Crippen LogP contribution in [0.1, 0.15) is 18.5 Å². The van der Waals surface area contributed by atoms with Gasteiger partial charge < -0.3 is 10.1 Å². The molecule has 2 heterocycles. The summed E-state index contributed by atoms with van der Waals surface area (Å²) >= 11 is 0. The largest absolute Gasteiger partial charge is 0.491 e. The molecule has 0 bridgehead atoms. The third-order valence-corrected chi connectivity index (χ3v) is 3.46. The molecule has 0 saturated heterocycles. The molecule has 2 aromatic heterocycles. The molecule has 0 spiro atoms. The first-order valence-electron chi connectivity index (χ1n) is 7.42. The van der Waals surface area contributed by atoms with E-state index in [-0.39, 0.29) is 6.04 Å². The summed E-state index contributed by atoms with van der Waals surface area (Å²) in [4.78, 5) is 4.01. The highest BCUT2D eigenvalue weighted by atomic mass is 16.5. The summed E-state index contributed by atoms with van der Waals surface area (Å²) < 4.78 is 7.24. The Kier molecular flexibility index (Phi) is 4.90. The molecule has 7 nitrogen and oxygen atoms in total. The monoisotopic (exact) mass is 310 g/mol. The van der Waals surface area contributed by atoms with Crippen LogP contribution in [0.2, 0.25) is 0 Å². The number of benzene rings is 1. The van der Waals surface area contributed by atoms with E-state index in [4.69, 9.17) is 4.74 Å². The highest BCUT2D eigenvalue weighted by Crippen LogP contribution is 2.14. The number of nitrogens with zero attached hydrogens (tertiary/aromatic N) is 5. The zero-order valence-corrected chi connectivity index (χ0v) is 12.8. The fourth-order valence-corrected chi connectivity index (χ4v) is 2.19. The van der Waals surface area contributed by atoms with Crippen molar-refractivity contribution < 1.29 is 4.74 Å². The minimum atomic E-state index is 0.232. The zero-order valence-electron chi connectivity index (χ0n) is 12.8. The molecule has 3 aromatic rings. The van der Waals surface area contributed by atoms with Crippen LogP contribution in [0.25, 0.3) is 5.69 Å². The van der Waals surface area contributed by atoms with E-state index in [9.17, 15) is 0 Å². The molecule has 0 unspecified atom stereocenters. The average Bonchev–Trinajstić information content (AvgIpc) is 3.14. The summed E-state index contributed by atoms with van der Waals surface area (Å²) in [6.45, 7) is 3.47. The number of aromatic nitrogens is 5. The summed E-state index contributed by atoms with van der Waals surface area (Å²) in [5.41, 5.74) is 2.13. The van der Waals surface area contributed by atoms with Crippen molar-refractivity contribution in [3.05, 3.63) is 60.7 Å². The molecule has 0 saturated carbocycles. The Hall–Kier alpha value is -2.80. The van der Waals surface area contributed by atoms with Gasteiger partial charge in [0, 0.05) is 18.8 Å². The van der Waals surface area contributed by atoms with E-state index < -0.39 is 0 Å². The number of hydrogen-bond donors (Lipinski definition) is 1. The normalized spacial score (nSPS) is 12.0. The molecule has 1 N–H and O–H groups in total. The number of rotatable bonds is 7. The molecule has 0 aliphatic carbocycles. The second-order valence-electron chi connectivity index (χ2n) is 5.06. The Morgan fingerprint density at radius 1 is 1.22 bits per heavy atom. The van der Waals surface area contributed by atoms with Gasteiger partial charge in [-0.25, -0.2) is 4.68 Å². The van der Waals surface area contributed by atoms with Gasteiger partial charge in [-0.15, -0.1) is 5.10 Å². The van der Waals surface area contributed by atoms with Crippen molar-refractivity contribution in [3.8, 4) is 11.4 Å². The lowest BCUT2D eigenvalue weighted by Gasteiger charge is -2.15. The van der Waals surface area contributed by atoms with Crippen LogP contribution in [0.4, 0.5) is 0 Å². The molecule has 0 amide bonds. The first-order chi connectivity index (χ1) is 11.3. The van der Waals surface area contributed by atoms with Crippen molar-refractivity contribution in [1.82, 2.24) is 30.5 Å². The van der Waals surface area contributed by atoms with Gasteiger partial charge in [0.05, 0.1) is 11.9 Å². The van der Waals surface area contributed by atoms with Crippen LogP contribution in [-0.4, -0.2) is 38.3 Å². The van der Waals surface area contributed by atoms with Gasteiger partial charge in [-0.1, -0.05) is 12.1 Å². The van der Waals surface area contributed by atoms with E-state index in [1.807, 2.05) is 24.3 Å². The standard InChI is InChI=1S/C16H18N6O/c1-13(18-9-10-23-16-3-2-8-17-11-16)14-4-6-15(7-5-14)22-12-19-20-21-22/h2-8,11-13,18H,9-10H2,1H3/t13-/m0/s1. The molecule has 1 atom stereocenters. The molecule has 3 rings (SSSR count). The summed E-state index contributed by atoms with van der Waals surface area (Å²) in [5, 5.41) is 14.6. The third-order valence-electron chi connectivity index (χ3n) is 3.46. The molecule has 0 radical (unpaired) electrons. The van der Waals surface area contributed by atoms with Crippen molar-refractivity contribution in [2.24, 2.45) is 0 Å². The third kappa shape index (κ3) is 4.10. The highest BCUT2D eigenvalue weighted by molar-refractivity contribution is 5.34. The fraction of sp³-hybridized carbons (Fsp3) is 0.250. The minimum absolute atomic E-state index is 0.232. The summed E-state index contributed by atoms with van der Waals surface area (Å²) in [5.74, 6) is 0.785. The Morgan fingerprint density at radius 2 is 2.09 bits per heavy atom. The molecule has 1 aromatic carbocycles. The van der Waals surface area contributed by atoms with Gasteiger partial charge in [-0.2, -0.15) is 0 Å². The van der Waals surface area contributed by atoms with Crippen LogP contribution in [0.5, 0.6) is 5.75 Å². The van der Waals surface area contributed by atoms with Gasteiger partial charge >= 0.3 is 0 Å². The number of tetrazole rings is 1. The van der Waals surface area contributed by atoms with Gasteiger partial charge in [-0.05, 0) is 47.2 Å². The van der Waals surface area contributed by atoms with E-state index in [2.05, 4.69) is 44.9 Å². The van der Waals surface area contributed by atoms with Crippen molar-refractivity contribution >= 4 is 0 Å². The van der Waals surface area contributed by atoms with E-state index in [0.29, 0.717) is 6.61 Å². The van der Waals surface area contributed by atoms with Gasteiger partial charge in [0.25, 0.3) is 0 Å². The lowest BCUT2D eigenvalue weighted by atomic mass is 10.1. The second kappa shape index (κ2) is 7.46. The predicted octanol–water partition coefficient (Wildman–Crippen LogP) is 1.79. The molecule has 0 fully saturated rings. The second-order valence-corrected chi connectivity index (χ2v) is 5.06. The lowest BCUT2D eigenvalue weighted by molar-refractivity contribution is 0.306. The Bertz CT molecular complexity index is 699. The van der Waals surface area contributed by atoms with Crippen LogP contribution >= 0.6 is 0 Å². The molecule has 23 heavy (non-hydrogen) atoms. The van der Waals surface area contributed by atoms with E-state index in [1.165, 1.54) is 5.56 Å². The molecule has 0 aliphatic rings. The fourth-order valence-electron chi connectivity index (χ4n) is 2.19. The Labute approximate surface area is 134 Å². The molecular formula is C16H18N6O. The minimum Gasteiger partial charge on any atom is -0.491 e. The maximum Gasteiger partial charge on any atom is 0.143 e. The van der Waals surface area contributed by atoms with Crippen LogP contribution in [0, 0.1) is 0 Å². The number of nitrogens with one attached hydrogen (secondary N) is 1. The predicted molar refractivity (Wildman–Crippen MR) is 85.3 cm³/mol. The highest BCUT2D eigenvalue weighted by Gasteiger charge is 2.05. The molecular weight excluding hydrogens is 292 g/mol. The summed E-state index contributed by atoms with van der Waals surface area (Å²) in [6.07, 6.45) is 5.01. The number of hydrogen-bond acceptors (Lipinski definition) is 6. The van der Waals surface area contributed by atoms with Crippen LogP contribution in [0.3, 0.4) is 0 Å². The number of pyridine rings is 1. The lowest BCUT2D eigenvalue weighted by Crippen LogP contribution is -2.24. The molecule has 0 aliphatic heterocycles. The van der Waals surface area contributed by atoms with Crippen molar-refractivity contribution in [1.29, 1.82) is 0 Å².